The molecule has 4 rings (SSSR count). The maximum absolute atomic E-state index is 2.47. The van der Waals surface area contributed by atoms with E-state index in [1.807, 2.05) is 0 Å². The summed E-state index contributed by atoms with van der Waals surface area (Å²) in [6, 6.07) is 0. The van der Waals surface area contributed by atoms with Gasteiger partial charge in [-0.05, 0) is 0 Å². The van der Waals surface area contributed by atoms with Crippen molar-refractivity contribution in [2.75, 3.05) is 46.0 Å². The molecule has 0 aliphatic carbocycles. The van der Waals surface area contributed by atoms with Gasteiger partial charge in [0, 0.05) is 0 Å². The summed E-state index contributed by atoms with van der Waals surface area (Å²) >= 11 is 19.6. The van der Waals surface area contributed by atoms with Crippen LogP contribution < -0.4 is 0 Å². The van der Waals surface area contributed by atoms with Crippen molar-refractivity contribution in [3.8, 4) is 0 Å². The third-order valence-corrected chi connectivity index (χ3v) is 27.3. The van der Waals surface area contributed by atoms with Crippen LogP contribution in [0.2, 0.25) is 42.6 Å². The monoisotopic (exact) mass is 846 g/mol. The number of hydrogen-bond donors (Lipinski definition) is 0. The molecule has 11 heteroatoms. The fourth-order valence-corrected chi connectivity index (χ4v) is 25.3. The Morgan fingerprint density at radius 3 is 1.30 bits per heavy atom. The zero-order valence-corrected chi connectivity index (χ0v) is 31.8. The maximum atomic E-state index is 2.47. The molecule has 0 aromatic rings. The van der Waals surface area contributed by atoms with E-state index in [1.165, 1.54) is 56.7 Å². The van der Waals surface area contributed by atoms with E-state index in [0.717, 1.165) is 91.3 Å². The first-order valence-electron chi connectivity index (χ1n) is 11.9. The second-order valence-corrected chi connectivity index (χ2v) is 27.1. The van der Waals surface area contributed by atoms with Crippen molar-refractivity contribution in [2.45, 2.75) is 74.1 Å². The molecule has 6 unspecified atom stereocenters. The Bertz CT molecular complexity index is 475. The first-order chi connectivity index (χ1) is 16.3. The number of hydrogen-bond acceptors (Lipinski definition) is 7. The van der Waals surface area contributed by atoms with Crippen LogP contribution in [0.3, 0.4) is 0 Å². The molecule has 4 aliphatic heterocycles. The minimum absolute atomic E-state index is 0.899. The number of thioether (sulfide) groups is 7. The van der Waals surface area contributed by atoms with Gasteiger partial charge in [-0.2, -0.15) is 0 Å². The topological polar surface area (TPSA) is 0 Å². The first-order valence-corrected chi connectivity index (χ1v) is 29.1. The Labute approximate surface area is 258 Å². The summed E-state index contributed by atoms with van der Waals surface area (Å²) in [5, 5.41) is 18.6. The van der Waals surface area contributed by atoms with Gasteiger partial charge in [-0.15, -0.1) is 0 Å². The van der Waals surface area contributed by atoms with Crippen molar-refractivity contribution in [3.05, 3.63) is 0 Å². The molecule has 6 atom stereocenters. The molecule has 0 spiro atoms. The molecule has 4 fully saturated rings. The van der Waals surface area contributed by atoms with Crippen molar-refractivity contribution in [3.63, 3.8) is 0 Å². The molecule has 0 aromatic heterocycles. The average molecular weight is 843 g/mol. The molecule has 4 aliphatic rings. The second kappa shape index (κ2) is 18.8. The van der Waals surface area contributed by atoms with Gasteiger partial charge in [0.2, 0.25) is 0 Å². The van der Waals surface area contributed by atoms with Crippen LogP contribution in [0.25, 0.3) is 0 Å². The van der Waals surface area contributed by atoms with Crippen LogP contribution in [0.1, 0.15) is 0 Å². The number of rotatable bonds is 24. The fourth-order valence-electron chi connectivity index (χ4n) is 2.94. The average Bonchev–Trinajstić information content (AvgIpc) is 3.62. The third kappa shape index (κ3) is 17.1. The molecule has 0 bridgehead atoms. The molecule has 0 amide bonds. The summed E-state index contributed by atoms with van der Waals surface area (Å²) in [5.41, 5.74) is 0. The van der Waals surface area contributed by atoms with Crippen molar-refractivity contribution in [2.24, 2.45) is 0 Å². The van der Waals surface area contributed by atoms with Crippen molar-refractivity contribution < 1.29 is 0 Å². The van der Waals surface area contributed by atoms with Gasteiger partial charge in [-0.3, -0.25) is 0 Å². The second-order valence-electron chi connectivity index (χ2n) is 8.58. The molecular formula is C22H38S7Se4. The summed E-state index contributed by atoms with van der Waals surface area (Å²) in [4.78, 5) is 0. The van der Waals surface area contributed by atoms with E-state index in [9.17, 15) is 0 Å². The molecule has 33 heavy (non-hydrogen) atoms. The Hall–Kier alpha value is 4.53. The summed E-state index contributed by atoms with van der Waals surface area (Å²) < 4.78 is 0. The molecule has 0 N–H and O–H groups in total. The van der Waals surface area contributed by atoms with E-state index in [2.05, 4.69) is 82.3 Å². The van der Waals surface area contributed by atoms with Crippen LogP contribution >= 0.6 is 82.3 Å². The molecule has 0 radical (unpaired) electrons. The van der Waals surface area contributed by atoms with E-state index >= 15 is 0 Å². The van der Waals surface area contributed by atoms with Crippen molar-refractivity contribution >= 4 is 142 Å². The van der Waals surface area contributed by atoms with Crippen LogP contribution in [0.4, 0.5) is 0 Å². The Morgan fingerprint density at radius 2 is 0.939 bits per heavy atom. The molecule has 0 saturated carbocycles. The van der Waals surface area contributed by atoms with Crippen LogP contribution in [0.15, 0.2) is 0 Å². The molecule has 0 aromatic carbocycles. The standard InChI is InChI=1S/C22H38S7Se4/c1(3-30-11-17-7-25-17)23-5-21(15-32-13-19-9-27-19)29-22(16-33-14-20-10-28-20)6-24-2-4-31-12-18-8-26-18/h17-22H,1-16H2. The van der Waals surface area contributed by atoms with Gasteiger partial charge < -0.3 is 0 Å². The van der Waals surface area contributed by atoms with Crippen LogP contribution in [-0.4, -0.2) is 137 Å². The predicted octanol–water partition coefficient (Wildman–Crippen LogP) is 6.55. The van der Waals surface area contributed by atoms with Crippen LogP contribution in [0.5, 0.6) is 0 Å². The van der Waals surface area contributed by atoms with Gasteiger partial charge in [0.05, 0.1) is 0 Å². The molecule has 4 saturated heterocycles. The summed E-state index contributed by atoms with van der Waals surface area (Å²) in [6.07, 6.45) is 0. The quantitative estimate of drug-likeness (QED) is 0.0608. The zero-order chi connectivity index (χ0) is 22.6. The Balaban J connectivity index is 1.12. The first kappa shape index (κ1) is 30.5. The molecule has 0 nitrogen and oxygen atoms in total. The van der Waals surface area contributed by atoms with E-state index in [0.29, 0.717) is 0 Å². The SMILES string of the molecule is C(C[Se]CC1CS1)SCC(C[Se]CC1CS1)SC(CSCC[Se]CC1CS1)C[Se]CC1CS1. The van der Waals surface area contributed by atoms with E-state index in [-0.39, 0.29) is 0 Å². The van der Waals surface area contributed by atoms with Gasteiger partial charge >= 0.3 is 262 Å². The van der Waals surface area contributed by atoms with Gasteiger partial charge in [-0.1, -0.05) is 0 Å². The van der Waals surface area contributed by atoms with Crippen LogP contribution in [0, 0.1) is 0 Å². The van der Waals surface area contributed by atoms with Gasteiger partial charge in [0.25, 0.3) is 0 Å². The van der Waals surface area contributed by atoms with Crippen molar-refractivity contribution in [1.29, 1.82) is 0 Å². The minimum atomic E-state index is 0.899. The van der Waals surface area contributed by atoms with Gasteiger partial charge in [0.1, 0.15) is 0 Å². The zero-order valence-electron chi connectivity index (χ0n) is 19.3. The summed E-state index contributed by atoms with van der Waals surface area (Å²) in [7, 11) is 0. The van der Waals surface area contributed by atoms with E-state index < -0.39 is 0 Å². The van der Waals surface area contributed by atoms with Crippen LogP contribution in [-0.2, 0) is 0 Å². The molecule has 192 valence electrons. The Kier molecular flexibility index (Phi) is 17.4. The van der Waals surface area contributed by atoms with Gasteiger partial charge in [0.15, 0.2) is 0 Å². The van der Waals surface area contributed by atoms with Crippen molar-refractivity contribution in [1.82, 2.24) is 0 Å². The normalized spacial score (nSPS) is 29.1. The molecule has 4 heterocycles. The fraction of sp³-hybridized carbons (Fsp3) is 1.00. The summed E-state index contributed by atoms with van der Waals surface area (Å²) in [6.45, 7) is 0. The van der Waals surface area contributed by atoms with Gasteiger partial charge in [-0.25, -0.2) is 0 Å². The van der Waals surface area contributed by atoms with E-state index in [1.54, 1.807) is 31.9 Å². The third-order valence-electron chi connectivity index (χ3n) is 5.17. The Morgan fingerprint density at radius 1 is 0.576 bits per heavy atom. The summed E-state index contributed by atoms with van der Waals surface area (Å²) in [5.74, 6) is 11.7. The molecular weight excluding hydrogens is 805 g/mol. The van der Waals surface area contributed by atoms with E-state index in [4.69, 9.17) is 0 Å². The predicted molar refractivity (Wildman–Crippen MR) is 176 cm³/mol.